The summed E-state index contributed by atoms with van der Waals surface area (Å²) < 4.78 is 6.26. The standard InChI is InChI=1S/C16H18N2O4S2/c1-3-22-12(20)7-9(19)8-23-16-17-14-13(15(21)18(16)2)10-5-4-6-11(10)24-14/h3-8H2,1-2H3. The molecular formula is C16H18N2O4S2. The third-order valence-corrected chi connectivity index (χ3v) is 6.19. The molecule has 24 heavy (non-hydrogen) atoms. The van der Waals surface area contributed by atoms with E-state index in [1.54, 1.807) is 25.3 Å². The number of carbonyl (C=O) groups excluding carboxylic acids is 2. The SMILES string of the molecule is CCOC(=O)CC(=O)CSc1nc2sc3c(c2c(=O)n1C)CCC3. The molecule has 2 aromatic rings. The predicted molar refractivity (Wildman–Crippen MR) is 93.9 cm³/mol. The lowest BCUT2D eigenvalue weighted by Crippen LogP contribution is -2.21. The lowest BCUT2D eigenvalue weighted by atomic mass is 10.2. The summed E-state index contributed by atoms with van der Waals surface area (Å²) in [6.45, 7) is 1.96. The number of esters is 1. The summed E-state index contributed by atoms with van der Waals surface area (Å²) in [4.78, 5) is 42.4. The molecule has 1 aliphatic carbocycles. The van der Waals surface area contributed by atoms with Crippen molar-refractivity contribution in [2.75, 3.05) is 12.4 Å². The Balaban J connectivity index is 1.78. The van der Waals surface area contributed by atoms with Gasteiger partial charge >= 0.3 is 5.97 Å². The highest BCUT2D eigenvalue weighted by atomic mass is 32.2. The van der Waals surface area contributed by atoms with Crippen LogP contribution in [0.4, 0.5) is 0 Å². The summed E-state index contributed by atoms with van der Waals surface area (Å²) in [6, 6.07) is 0. The topological polar surface area (TPSA) is 78.3 Å². The van der Waals surface area contributed by atoms with Gasteiger partial charge in [0.15, 0.2) is 10.9 Å². The lowest BCUT2D eigenvalue weighted by molar-refractivity contribution is -0.145. The highest BCUT2D eigenvalue weighted by molar-refractivity contribution is 7.99. The van der Waals surface area contributed by atoms with Gasteiger partial charge in [0.2, 0.25) is 0 Å². The first-order chi connectivity index (χ1) is 11.5. The Morgan fingerprint density at radius 2 is 2.17 bits per heavy atom. The second-order valence-corrected chi connectivity index (χ2v) is 7.63. The van der Waals surface area contributed by atoms with Crippen molar-refractivity contribution in [2.24, 2.45) is 7.05 Å². The Bertz CT molecular complexity index is 869. The highest BCUT2D eigenvalue weighted by Crippen LogP contribution is 2.35. The molecular weight excluding hydrogens is 348 g/mol. The summed E-state index contributed by atoms with van der Waals surface area (Å²) in [5.74, 6) is -0.660. The Hall–Kier alpha value is -1.67. The van der Waals surface area contributed by atoms with Crippen molar-refractivity contribution < 1.29 is 14.3 Å². The number of carbonyl (C=O) groups is 2. The Kier molecular flexibility index (Phi) is 5.05. The normalized spacial score (nSPS) is 13.2. The number of nitrogens with zero attached hydrogens (tertiary/aromatic N) is 2. The molecule has 0 radical (unpaired) electrons. The van der Waals surface area contributed by atoms with Crippen molar-refractivity contribution in [1.29, 1.82) is 0 Å². The third-order valence-electron chi connectivity index (χ3n) is 3.91. The molecule has 0 amide bonds. The van der Waals surface area contributed by atoms with E-state index in [1.165, 1.54) is 21.2 Å². The fourth-order valence-corrected chi connectivity index (χ4v) is 4.94. The Labute approximate surface area is 147 Å². The van der Waals surface area contributed by atoms with Gasteiger partial charge < -0.3 is 4.74 Å². The molecule has 1 aliphatic rings. The first kappa shape index (κ1) is 17.2. The molecule has 0 bridgehead atoms. The van der Waals surface area contributed by atoms with Crippen LogP contribution in [0.25, 0.3) is 10.2 Å². The molecule has 6 nitrogen and oxygen atoms in total. The number of fused-ring (bicyclic) bond motifs is 3. The Morgan fingerprint density at radius 3 is 2.92 bits per heavy atom. The zero-order valence-electron chi connectivity index (χ0n) is 13.6. The Morgan fingerprint density at radius 1 is 1.38 bits per heavy atom. The smallest absolute Gasteiger partial charge is 0.313 e. The van der Waals surface area contributed by atoms with Crippen molar-refractivity contribution in [1.82, 2.24) is 9.55 Å². The second kappa shape index (κ2) is 7.06. The summed E-state index contributed by atoms with van der Waals surface area (Å²) in [6.07, 6.45) is 2.81. The average molecular weight is 366 g/mol. The van der Waals surface area contributed by atoms with Gasteiger partial charge in [-0.05, 0) is 31.7 Å². The number of rotatable bonds is 6. The minimum atomic E-state index is -0.518. The maximum absolute atomic E-state index is 12.6. The fraction of sp³-hybridized carbons (Fsp3) is 0.500. The highest BCUT2D eigenvalue weighted by Gasteiger charge is 2.22. The summed E-state index contributed by atoms with van der Waals surface area (Å²) in [5, 5.41) is 1.24. The lowest BCUT2D eigenvalue weighted by Gasteiger charge is -2.07. The van der Waals surface area contributed by atoms with E-state index in [0.29, 0.717) is 5.16 Å². The van der Waals surface area contributed by atoms with Crippen LogP contribution >= 0.6 is 23.1 Å². The van der Waals surface area contributed by atoms with Crippen LogP contribution in [-0.2, 0) is 34.2 Å². The van der Waals surface area contributed by atoms with Gasteiger partial charge in [-0.3, -0.25) is 19.0 Å². The molecule has 0 spiro atoms. The quantitative estimate of drug-likeness (QED) is 0.337. The molecule has 8 heteroatoms. The van der Waals surface area contributed by atoms with E-state index in [4.69, 9.17) is 4.74 Å². The fourth-order valence-electron chi connectivity index (χ4n) is 2.80. The molecule has 0 saturated carbocycles. The van der Waals surface area contributed by atoms with Gasteiger partial charge in [-0.1, -0.05) is 11.8 Å². The van der Waals surface area contributed by atoms with Crippen molar-refractivity contribution >= 4 is 45.1 Å². The first-order valence-electron chi connectivity index (χ1n) is 7.82. The van der Waals surface area contributed by atoms with Gasteiger partial charge in [-0.25, -0.2) is 4.98 Å². The van der Waals surface area contributed by atoms with Gasteiger partial charge in [0, 0.05) is 11.9 Å². The maximum Gasteiger partial charge on any atom is 0.313 e. The van der Waals surface area contributed by atoms with Crippen LogP contribution in [0.15, 0.2) is 9.95 Å². The minimum Gasteiger partial charge on any atom is -0.466 e. The van der Waals surface area contributed by atoms with Gasteiger partial charge in [-0.15, -0.1) is 11.3 Å². The molecule has 0 fully saturated rings. The molecule has 0 atom stereocenters. The van der Waals surface area contributed by atoms with Crippen LogP contribution in [-0.4, -0.2) is 33.7 Å². The monoisotopic (exact) mass is 366 g/mol. The molecule has 0 N–H and O–H groups in total. The molecule has 0 saturated heterocycles. The van der Waals surface area contributed by atoms with E-state index in [9.17, 15) is 14.4 Å². The van der Waals surface area contributed by atoms with Crippen LogP contribution in [0.3, 0.4) is 0 Å². The number of aromatic nitrogens is 2. The molecule has 2 aromatic heterocycles. The van der Waals surface area contributed by atoms with Crippen LogP contribution in [0.2, 0.25) is 0 Å². The molecule has 0 unspecified atom stereocenters. The number of ketones is 1. The van der Waals surface area contributed by atoms with E-state index < -0.39 is 5.97 Å². The van der Waals surface area contributed by atoms with E-state index in [2.05, 4.69) is 4.98 Å². The second-order valence-electron chi connectivity index (χ2n) is 5.61. The number of ether oxygens (including phenoxy) is 1. The van der Waals surface area contributed by atoms with Crippen LogP contribution in [0.5, 0.6) is 0 Å². The van der Waals surface area contributed by atoms with E-state index in [-0.39, 0.29) is 30.1 Å². The average Bonchev–Trinajstić information content (AvgIpc) is 3.10. The predicted octanol–water partition coefficient (Wildman–Crippen LogP) is 2.10. The molecule has 3 rings (SSSR count). The largest absolute Gasteiger partial charge is 0.466 e. The zero-order valence-corrected chi connectivity index (χ0v) is 15.2. The molecule has 128 valence electrons. The van der Waals surface area contributed by atoms with E-state index in [1.807, 2.05) is 0 Å². The summed E-state index contributed by atoms with van der Waals surface area (Å²) in [5.41, 5.74) is 1.10. The van der Waals surface area contributed by atoms with Gasteiger partial charge in [0.25, 0.3) is 5.56 Å². The van der Waals surface area contributed by atoms with Crippen LogP contribution in [0, 0.1) is 0 Å². The molecule has 2 heterocycles. The number of thioether (sulfide) groups is 1. The number of hydrogen-bond acceptors (Lipinski definition) is 7. The first-order valence-corrected chi connectivity index (χ1v) is 9.62. The number of aryl methyl sites for hydroxylation is 2. The number of hydrogen-bond donors (Lipinski definition) is 0. The van der Waals surface area contributed by atoms with E-state index in [0.717, 1.165) is 35.0 Å². The molecule has 0 aliphatic heterocycles. The summed E-state index contributed by atoms with van der Waals surface area (Å²) >= 11 is 2.76. The van der Waals surface area contributed by atoms with Crippen molar-refractivity contribution in [3.05, 3.63) is 20.8 Å². The van der Waals surface area contributed by atoms with Gasteiger partial charge in [0.1, 0.15) is 11.3 Å². The summed E-state index contributed by atoms with van der Waals surface area (Å²) in [7, 11) is 1.67. The van der Waals surface area contributed by atoms with Crippen molar-refractivity contribution in [2.45, 2.75) is 37.8 Å². The molecule has 0 aromatic carbocycles. The zero-order chi connectivity index (χ0) is 17.3. The minimum absolute atomic E-state index is 0.0558. The van der Waals surface area contributed by atoms with Crippen molar-refractivity contribution in [3.63, 3.8) is 0 Å². The number of thiophene rings is 1. The van der Waals surface area contributed by atoms with Crippen molar-refractivity contribution in [3.8, 4) is 0 Å². The number of Topliss-reactive ketones (excluding diaryl/α,β-unsaturated/α-hetero) is 1. The van der Waals surface area contributed by atoms with Crippen LogP contribution < -0.4 is 5.56 Å². The van der Waals surface area contributed by atoms with Gasteiger partial charge in [0.05, 0.1) is 17.7 Å². The van der Waals surface area contributed by atoms with Crippen LogP contribution in [0.1, 0.15) is 30.2 Å². The van der Waals surface area contributed by atoms with Gasteiger partial charge in [-0.2, -0.15) is 0 Å². The maximum atomic E-state index is 12.6. The van der Waals surface area contributed by atoms with E-state index >= 15 is 0 Å². The third kappa shape index (κ3) is 3.25.